The fourth-order valence-corrected chi connectivity index (χ4v) is 3.33. The van der Waals surface area contributed by atoms with Crippen LogP contribution in [0, 0.1) is 5.21 Å². The Hall–Kier alpha value is -3.86. The largest absolute Gasteiger partial charge is 0.619 e. The monoisotopic (exact) mass is 370 g/mol. The third-order valence-electron chi connectivity index (χ3n) is 4.71. The van der Waals surface area contributed by atoms with E-state index in [1.54, 1.807) is 6.07 Å². The molecule has 1 amide bonds. The minimum Gasteiger partial charge on any atom is -0.619 e. The van der Waals surface area contributed by atoms with Gasteiger partial charge in [-0.05, 0) is 22.4 Å². The molecule has 0 spiro atoms. The Morgan fingerprint density at radius 3 is 2.32 bits per heavy atom. The number of aromatic hydroxyl groups is 1. The number of carbonyl (C=O) groups is 1. The third-order valence-corrected chi connectivity index (χ3v) is 4.71. The number of hydrogen-bond donors (Lipinski definition) is 2. The van der Waals surface area contributed by atoms with Crippen LogP contribution in [0.3, 0.4) is 0 Å². The number of nitrogens with one attached hydrogen (secondary N) is 1. The molecule has 0 aliphatic carbocycles. The first-order valence-electron chi connectivity index (χ1n) is 8.89. The van der Waals surface area contributed by atoms with Crippen molar-refractivity contribution in [1.82, 2.24) is 5.32 Å². The number of fused-ring (bicyclic) bond motifs is 1. The maximum Gasteiger partial charge on any atom is 0.252 e. The smallest absolute Gasteiger partial charge is 0.252 e. The number of pyridine rings is 1. The van der Waals surface area contributed by atoms with Crippen LogP contribution in [0.5, 0.6) is 5.75 Å². The molecule has 0 aliphatic rings. The Morgan fingerprint density at radius 2 is 1.57 bits per heavy atom. The summed E-state index contributed by atoms with van der Waals surface area (Å²) in [7, 11) is 0. The van der Waals surface area contributed by atoms with Crippen molar-refractivity contribution in [2.45, 2.75) is 6.04 Å². The van der Waals surface area contributed by atoms with Crippen molar-refractivity contribution < 1.29 is 14.6 Å². The van der Waals surface area contributed by atoms with Crippen LogP contribution in [0.1, 0.15) is 27.5 Å². The zero-order valence-corrected chi connectivity index (χ0v) is 14.9. The molecule has 1 unspecified atom stereocenters. The Bertz CT molecular complexity index is 1130. The van der Waals surface area contributed by atoms with Crippen LogP contribution in [-0.2, 0) is 0 Å². The number of carbonyl (C=O) groups excluding carboxylic acids is 1. The van der Waals surface area contributed by atoms with E-state index in [-0.39, 0.29) is 11.7 Å². The lowest BCUT2D eigenvalue weighted by atomic mass is 9.92. The molecule has 2 N–H and O–H groups in total. The first-order chi connectivity index (χ1) is 13.6. The fourth-order valence-electron chi connectivity index (χ4n) is 3.33. The number of aromatic nitrogens is 1. The van der Waals surface area contributed by atoms with Gasteiger partial charge in [-0.25, -0.2) is 0 Å². The number of rotatable bonds is 4. The molecule has 1 aromatic heterocycles. The summed E-state index contributed by atoms with van der Waals surface area (Å²) in [6.07, 6.45) is 2.56. The summed E-state index contributed by atoms with van der Waals surface area (Å²) in [4.78, 5) is 12.9. The fraction of sp³-hybridized carbons (Fsp3) is 0.0435. The summed E-state index contributed by atoms with van der Waals surface area (Å²) in [5, 5.41) is 26.8. The van der Waals surface area contributed by atoms with Crippen LogP contribution in [0.25, 0.3) is 10.8 Å². The van der Waals surface area contributed by atoms with Gasteiger partial charge in [-0.3, -0.25) is 4.79 Å². The lowest BCUT2D eigenvalue weighted by molar-refractivity contribution is -0.605. The second-order valence-electron chi connectivity index (χ2n) is 6.48. The maximum absolute atomic E-state index is 12.9. The van der Waals surface area contributed by atoms with Gasteiger partial charge in [0.15, 0.2) is 12.4 Å². The van der Waals surface area contributed by atoms with E-state index in [9.17, 15) is 15.1 Å². The van der Waals surface area contributed by atoms with Gasteiger partial charge in [-0.1, -0.05) is 60.7 Å². The van der Waals surface area contributed by atoms with Crippen LogP contribution in [0.4, 0.5) is 0 Å². The average Bonchev–Trinajstić information content (AvgIpc) is 2.73. The topological polar surface area (TPSA) is 76.3 Å². The van der Waals surface area contributed by atoms with Gasteiger partial charge in [-0.15, -0.1) is 0 Å². The summed E-state index contributed by atoms with van der Waals surface area (Å²) < 4.78 is 0.627. The summed E-state index contributed by atoms with van der Waals surface area (Å²) in [5.41, 5.74) is 1.84. The first-order valence-corrected chi connectivity index (χ1v) is 8.89. The molecular weight excluding hydrogens is 352 g/mol. The number of nitrogens with zero attached hydrogens (tertiary/aromatic N) is 1. The van der Waals surface area contributed by atoms with Gasteiger partial charge >= 0.3 is 0 Å². The highest BCUT2D eigenvalue weighted by atomic mass is 16.5. The predicted octanol–water partition coefficient (Wildman–Crippen LogP) is 3.70. The van der Waals surface area contributed by atoms with Gasteiger partial charge in [0.05, 0.1) is 11.6 Å². The number of amides is 1. The van der Waals surface area contributed by atoms with Crippen molar-refractivity contribution in [2.24, 2.45) is 0 Å². The lowest BCUT2D eigenvalue weighted by Gasteiger charge is -2.22. The van der Waals surface area contributed by atoms with Gasteiger partial charge in [0.25, 0.3) is 5.91 Å². The number of hydrogen-bond acceptors (Lipinski definition) is 3. The van der Waals surface area contributed by atoms with Gasteiger partial charge < -0.3 is 15.6 Å². The molecule has 28 heavy (non-hydrogen) atoms. The van der Waals surface area contributed by atoms with E-state index in [1.165, 1.54) is 24.5 Å². The van der Waals surface area contributed by atoms with Crippen LogP contribution in [0.15, 0.2) is 91.3 Å². The number of phenols is 1. The zero-order valence-electron chi connectivity index (χ0n) is 14.9. The van der Waals surface area contributed by atoms with Crippen molar-refractivity contribution in [3.63, 3.8) is 0 Å². The second-order valence-corrected chi connectivity index (χ2v) is 6.48. The molecule has 0 radical (unpaired) electrons. The summed E-state index contributed by atoms with van der Waals surface area (Å²) in [6.45, 7) is 0. The van der Waals surface area contributed by atoms with E-state index in [0.29, 0.717) is 15.9 Å². The molecule has 0 aliphatic heterocycles. The molecule has 1 heterocycles. The maximum atomic E-state index is 12.9. The molecule has 4 rings (SSSR count). The molecular formula is C23H18N2O3. The highest BCUT2D eigenvalue weighted by molar-refractivity contribution is 5.95. The minimum absolute atomic E-state index is 0.110. The normalized spacial score (nSPS) is 11.9. The zero-order chi connectivity index (χ0) is 19.5. The quantitative estimate of drug-likeness (QED) is 0.425. The van der Waals surface area contributed by atoms with Gasteiger partial charge in [0.2, 0.25) is 0 Å². The van der Waals surface area contributed by atoms with E-state index in [1.807, 2.05) is 60.7 Å². The van der Waals surface area contributed by atoms with Gasteiger partial charge in [0.1, 0.15) is 5.75 Å². The van der Waals surface area contributed by atoms with Crippen LogP contribution < -0.4 is 10.0 Å². The molecule has 5 nitrogen and oxygen atoms in total. The van der Waals surface area contributed by atoms with Crippen molar-refractivity contribution >= 4 is 16.7 Å². The Labute approximate surface area is 162 Å². The molecule has 0 fully saturated rings. The minimum atomic E-state index is -0.556. The molecule has 0 bridgehead atoms. The number of phenolic OH excluding ortho intramolecular Hbond substituents is 1. The third kappa shape index (κ3) is 3.38. The Balaban J connectivity index is 1.83. The van der Waals surface area contributed by atoms with E-state index in [2.05, 4.69) is 5.32 Å². The van der Waals surface area contributed by atoms with Crippen molar-refractivity contribution in [3.8, 4) is 5.75 Å². The molecule has 1 atom stereocenters. The van der Waals surface area contributed by atoms with Crippen LogP contribution >= 0.6 is 0 Å². The van der Waals surface area contributed by atoms with E-state index in [4.69, 9.17) is 0 Å². The SMILES string of the molecule is O=C(NC(c1ccccc1)c1c(O)ccc2ccccc12)c1cc[n+]([O-])cc1. The van der Waals surface area contributed by atoms with Crippen molar-refractivity contribution in [1.29, 1.82) is 0 Å². The summed E-state index contributed by atoms with van der Waals surface area (Å²) >= 11 is 0. The highest BCUT2D eigenvalue weighted by Gasteiger charge is 2.23. The number of benzene rings is 3. The molecule has 5 heteroatoms. The van der Waals surface area contributed by atoms with Crippen molar-refractivity contribution in [3.05, 3.63) is 113 Å². The average molecular weight is 370 g/mol. The van der Waals surface area contributed by atoms with E-state index >= 15 is 0 Å². The highest BCUT2D eigenvalue weighted by Crippen LogP contribution is 2.35. The molecule has 3 aromatic carbocycles. The predicted molar refractivity (Wildman–Crippen MR) is 107 cm³/mol. The van der Waals surface area contributed by atoms with E-state index in [0.717, 1.165) is 16.3 Å². The summed E-state index contributed by atoms with van der Waals surface area (Å²) in [6, 6.07) is 23.1. The Kier molecular flexibility index (Phi) is 4.64. The molecule has 138 valence electrons. The molecule has 0 saturated carbocycles. The molecule has 4 aromatic rings. The second kappa shape index (κ2) is 7.40. The first kappa shape index (κ1) is 17.5. The lowest BCUT2D eigenvalue weighted by Crippen LogP contribution is -2.31. The Morgan fingerprint density at radius 1 is 0.893 bits per heavy atom. The van der Waals surface area contributed by atoms with Gasteiger partial charge in [-0.2, -0.15) is 4.73 Å². The van der Waals surface area contributed by atoms with Crippen molar-refractivity contribution in [2.75, 3.05) is 0 Å². The summed E-state index contributed by atoms with van der Waals surface area (Å²) in [5.74, 6) is -0.222. The van der Waals surface area contributed by atoms with E-state index < -0.39 is 6.04 Å². The van der Waals surface area contributed by atoms with Gasteiger partial charge in [0, 0.05) is 17.7 Å². The van der Waals surface area contributed by atoms with Crippen LogP contribution in [-0.4, -0.2) is 11.0 Å². The van der Waals surface area contributed by atoms with Crippen LogP contribution in [0.2, 0.25) is 0 Å². The molecule has 0 saturated heterocycles. The standard InChI is InChI=1S/C23H18N2O3/c26-20-11-10-16-6-4-5-9-19(16)21(20)22(17-7-2-1-3-8-17)24-23(27)18-12-14-25(28)15-13-18/h1-15,22,26H,(H,24,27).